The molecule has 0 radical (unpaired) electrons. The van der Waals surface area contributed by atoms with E-state index in [0.717, 1.165) is 24.9 Å². The van der Waals surface area contributed by atoms with Crippen LogP contribution in [0.3, 0.4) is 0 Å². The van der Waals surface area contributed by atoms with Crippen molar-refractivity contribution in [1.29, 1.82) is 0 Å². The van der Waals surface area contributed by atoms with Crippen molar-refractivity contribution < 1.29 is 13.6 Å². The summed E-state index contributed by atoms with van der Waals surface area (Å²) >= 11 is 0.471. The summed E-state index contributed by atoms with van der Waals surface area (Å²) < 4.78 is 24.5. The molecule has 0 bridgehead atoms. The lowest BCUT2D eigenvalue weighted by molar-refractivity contribution is 0.102. The van der Waals surface area contributed by atoms with E-state index in [4.69, 9.17) is 0 Å². The zero-order valence-corrected chi connectivity index (χ0v) is 12.6. The van der Waals surface area contributed by atoms with Gasteiger partial charge < -0.3 is 5.32 Å². The zero-order chi connectivity index (χ0) is 15.5. The fourth-order valence-electron chi connectivity index (χ4n) is 2.64. The fourth-order valence-corrected chi connectivity index (χ4v) is 3.14. The molecule has 5 heteroatoms. The molecule has 1 N–H and O–H groups in total. The van der Waals surface area contributed by atoms with E-state index in [1.807, 2.05) is 12.1 Å². The van der Waals surface area contributed by atoms with Crippen LogP contribution in [0, 0.1) is 0 Å². The van der Waals surface area contributed by atoms with Crippen molar-refractivity contribution in [3.05, 3.63) is 59.2 Å². The maximum atomic E-state index is 12.3. The third-order valence-corrected chi connectivity index (χ3v) is 4.42. The minimum atomic E-state index is -2.45. The van der Waals surface area contributed by atoms with E-state index in [0.29, 0.717) is 22.2 Å². The molecule has 2 nitrogen and oxygen atoms in total. The molecule has 0 saturated heterocycles. The van der Waals surface area contributed by atoms with E-state index < -0.39 is 5.76 Å². The van der Waals surface area contributed by atoms with Crippen LogP contribution in [0.2, 0.25) is 0 Å². The number of hydrogen-bond donors (Lipinski definition) is 1. The van der Waals surface area contributed by atoms with Crippen LogP contribution in [0.5, 0.6) is 0 Å². The largest absolute Gasteiger partial charge is 0.322 e. The number of amides is 1. The number of benzene rings is 2. The second-order valence-corrected chi connectivity index (χ2v) is 6.26. The summed E-state index contributed by atoms with van der Waals surface area (Å²) in [6.45, 7) is 0. The number of rotatable bonds is 4. The lowest BCUT2D eigenvalue weighted by Gasteiger charge is -2.08. The van der Waals surface area contributed by atoms with Gasteiger partial charge in [-0.05, 0) is 66.8 Å². The molecule has 0 atom stereocenters. The van der Waals surface area contributed by atoms with Gasteiger partial charge in [0.25, 0.3) is 11.7 Å². The first-order valence-electron chi connectivity index (χ1n) is 7.10. The Balaban J connectivity index is 1.69. The number of hydrogen-bond acceptors (Lipinski definition) is 2. The Morgan fingerprint density at radius 3 is 2.50 bits per heavy atom. The number of alkyl halides is 2. The first kappa shape index (κ1) is 15.0. The van der Waals surface area contributed by atoms with Crippen molar-refractivity contribution in [2.45, 2.75) is 29.9 Å². The van der Waals surface area contributed by atoms with Gasteiger partial charge in [0.15, 0.2) is 0 Å². The van der Waals surface area contributed by atoms with Crippen LogP contribution in [0.4, 0.5) is 14.5 Å². The van der Waals surface area contributed by atoms with Crippen molar-refractivity contribution >= 4 is 23.4 Å². The molecule has 0 fully saturated rings. The number of fused-ring (bicyclic) bond motifs is 1. The number of thioether (sulfide) groups is 1. The molecule has 0 aliphatic heterocycles. The van der Waals surface area contributed by atoms with Crippen molar-refractivity contribution in [3.8, 4) is 0 Å². The van der Waals surface area contributed by atoms with E-state index >= 15 is 0 Å². The fraction of sp³-hybridized carbons (Fsp3) is 0.235. The molecule has 114 valence electrons. The van der Waals surface area contributed by atoms with Gasteiger partial charge in [-0.1, -0.05) is 17.8 Å². The van der Waals surface area contributed by atoms with E-state index in [9.17, 15) is 13.6 Å². The Bertz CT molecular complexity index is 686. The van der Waals surface area contributed by atoms with Crippen LogP contribution >= 0.6 is 11.8 Å². The Morgan fingerprint density at radius 2 is 1.77 bits per heavy atom. The van der Waals surface area contributed by atoms with Crippen molar-refractivity contribution in [3.63, 3.8) is 0 Å². The Morgan fingerprint density at radius 1 is 1.05 bits per heavy atom. The van der Waals surface area contributed by atoms with E-state index in [1.54, 1.807) is 12.1 Å². The minimum Gasteiger partial charge on any atom is -0.322 e. The van der Waals surface area contributed by atoms with Crippen LogP contribution in [0.25, 0.3) is 0 Å². The van der Waals surface area contributed by atoms with Gasteiger partial charge >= 0.3 is 0 Å². The quantitative estimate of drug-likeness (QED) is 0.825. The number of aryl methyl sites for hydroxylation is 2. The van der Waals surface area contributed by atoms with Gasteiger partial charge in [0.05, 0.1) is 0 Å². The van der Waals surface area contributed by atoms with Crippen molar-refractivity contribution in [2.75, 3.05) is 5.32 Å². The maximum absolute atomic E-state index is 12.3. The van der Waals surface area contributed by atoms with Crippen molar-refractivity contribution in [1.82, 2.24) is 0 Å². The van der Waals surface area contributed by atoms with E-state index in [1.165, 1.54) is 23.3 Å². The molecule has 2 aromatic carbocycles. The predicted octanol–water partition coefficient (Wildman–Crippen LogP) is 4.74. The Hall–Kier alpha value is -1.88. The van der Waals surface area contributed by atoms with Crippen LogP contribution in [-0.2, 0) is 12.8 Å². The number of anilines is 1. The summed E-state index contributed by atoms with van der Waals surface area (Å²) in [5, 5.41) is 2.85. The summed E-state index contributed by atoms with van der Waals surface area (Å²) in [6.07, 6.45) is 3.32. The van der Waals surface area contributed by atoms with Gasteiger partial charge in [-0.25, -0.2) is 0 Å². The number of nitrogens with one attached hydrogen (secondary N) is 1. The summed E-state index contributed by atoms with van der Waals surface area (Å²) in [5.41, 5.74) is 3.88. The van der Waals surface area contributed by atoms with Gasteiger partial charge in [0, 0.05) is 16.1 Å². The summed E-state index contributed by atoms with van der Waals surface area (Å²) in [5.74, 6) is -2.68. The van der Waals surface area contributed by atoms with Gasteiger partial charge in [-0.2, -0.15) is 8.78 Å². The van der Waals surface area contributed by atoms with E-state index in [-0.39, 0.29) is 5.91 Å². The average molecular weight is 319 g/mol. The molecular weight excluding hydrogens is 304 g/mol. The summed E-state index contributed by atoms with van der Waals surface area (Å²) in [7, 11) is 0. The SMILES string of the molecule is O=C(Nc1ccc2c(c1)CCC2)c1ccc(SC(F)F)cc1. The molecule has 3 rings (SSSR count). The highest BCUT2D eigenvalue weighted by atomic mass is 32.2. The highest BCUT2D eigenvalue weighted by Crippen LogP contribution is 2.26. The number of carbonyl (C=O) groups is 1. The molecule has 0 saturated carbocycles. The average Bonchev–Trinajstić information content (AvgIpc) is 2.95. The van der Waals surface area contributed by atoms with E-state index in [2.05, 4.69) is 11.4 Å². The monoisotopic (exact) mass is 319 g/mol. The van der Waals surface area contributed by atoms with Gasteiger partial charge in [-0.15, -0.1) is 0 Å². The molecular formula is C17H15F2NOS. The van der Waals surface area contributed by atoms with Crippen LogP contribution in [-0.4, -0.2) is 11.7 Å². The topological polar surface area (TPSA) is 29.1 Å². The smallest absolute Gasteiger partial charge is 0.288 e. The standard InChI is InChI=1S/C17H15F2NOS/c18-17(19)22-15-8-5-12(6-9-15)16(21)20-14-7-4-11-2-1-3-13(11)10-14/h4-10,17H,1-3H2,(H,20,21). The lowest BCUT2D eigenvalue weighted by Crippen LogP contribution is -2.11. The maximum Gasteiger partial charge on any atom is 0.288 e. The third kappa shape index (κ3) is 3.47. The van der Waals surface area contributed by atoms with Gasteiger partial charge in [-0.3, -0.25) is 4.79 Å². The third-order valence-electron chi connectivity index (χ3n) is 3.70. The number of carbonyl (C=O) groups excluding carboxylic acids is 1. The molecule has 2 aromatic rings. The first-order chi connectivity index (χ1) is 10.6. The van der Waals surface area contributed by atoms with Gasteiger partial charge in [0.1, 0.15) is 0 Å². The van der Waals surface area contributed by atoms with Crippen LogP contribution in [0.15, 0.2) is 47.4 Å². The highest BCUT2D eigenvalue weighted by Gasteiger charge is 2.13. The van der Waals surface area contributed by atoms with Crippen molar-refractivity contribution in [2.24, 2.45) is 0 Å². The molecule has 0 aromatic heterocycles. The minimum absolute atomic E-state index is 0.230. The number of halogens is 2. The molecule has 1 amide bonds. The summed E-state index contributed by atoms with van der Waals surface area (Å²) in [4.78, 5) is 12.6. The second-order valence-electron chi connectivity index (χ2n) is 5.19. The molecule has 0 heterocycles. The normalized spacial score (nSPS) is 13.2. The Labute approximate surface area is 131 Å². The molecule has 22 heavy (non-hydrogen) atoms. The lowest BCUT2D eigenvalue weighted by atomic mass is 10.1. The molecule has 1 aliphatic carbocycles. The van der Waals surface area contributed by atoms with Crippen LogP contribution in [0.1, 0.15) is 27.9 Å². The van der Waals surface area contributed by atoms with Crippen LogP contribution < -0.4 is 5.32 Å². The zero-order valence-electron chi connectivity index (χ0n) is 11.8. The first-order valence-corrected chi connectivity index (χ1v) is 7.98. The summed E-state index contributed by atoms with van der Waals surface area (Å²) in [6, 6.07) is 12.2. The molecule has 0 unspecified atom stereocenters. The predicted molar refractivity (Wildman–Crippen MR) is 84.7 cm³/mol. The second kappa shape index (κ2) is 6.48. The Kier molecular flexibility index (Phi) is 4.43. The highest BCUT2D eigenvalue weighted by molar-refractivity contribution is 7.99. The molecule has 1 aliphatic rings. The molecule has 0 spiro atoms. The van der Waals surface area contributed by atoms with Gasteiger partial charge in [0.2, 0.25) is 0 Å².